The van der Waals surface area contributed by atoms with Crippen LogP contribution >= 0.6 is 15.9 Å². The SMILES string of the molecule is CCC(O)(CNC(=O)NCCC(=O)O)c1ccc(Br)cc1. The topological polar surface area (TPSA) is 98.7 Å². The molecule has 1 rings (SSSR count). The highest BCUT2D eigenvalue weighted by atomic mass is 79.9. The number of aliphatic carboxylic acids is 1. The Bertz CT molecular complexity index is 492. The summed E-state index contributed by atoms with van der Waals surface area (Å²) in [6.07, 6.45) is 0.294. The van der Waals surface area contributed by atoms with Crippen molar-refractivity contribution in [2.45, 2.75) is 25.4 Å². The largest absolute Gasteiger partial charge is 0.481 e. The van der Waals surface area contributed by atoms with E-state index in [1.807, 2.05) is 19.1 Å². The number of carboxylic acid groups (broad SMARTS) is 1. The van der Waals surface area contributed by atoms with Gasteiger partial charge < -0.3 is 20.8 Å². The van der Waals surface area contributed by atoms with Crippen LogP contribution in [0.15, 0.2) is 28.7 Å². The van der Waals surface area contributed by atoms with Crippen LogP contribution in [0, 0.1) is 0 Å². The minimum Gasteiger partial charge on any atom is -0.481 e. The molecule has 0 aromatic heterocycles. The molecular formula is C14H19BrN2O4. The summed E-state index contributed by atoms with van der Waals surface area (Å²) >= 11 is 3.33. The quantitative estimate of drug-likeness (QED) is 0.597. The maximum absolute atomic E-state index is 11.5. The van der Waals surface area contributed by atoms with Gasteiger partial charge >= 0.3 is 12.0 Å². The highest BCUT2D eigenvalue weighted by molar-refractivity contribution is 9.10. The van der Waals surface area contributed by atoms with Gasteiger partial charge in [0.05, 0.1) is 13.0 Å². The van der Waals surface area contributed by atoms with Crippen molar-refractivity contribution in [1.29, 1.82) is 0 Å². The number of amides is 2. The van der Waals surface area contributed by atoms with Gasteiger partial charge in [0, 0.05) is 11.0 Å². The predicted octanol–water partition coefficient (Wildman–Crippen LogP) is 1.82. The minimum atomic E-state index is -1.16. The predicted molar refractivity (Wildman–Crippen MR) is 82.0 cm³/mol. The molecule has 1 atom stereocenters. The molecule has 0 saturated carbocycles. The molecule has 4 N–H and O–H groups in total. The van der Waals surface area contributed by atoms with E-state index in [1.165, 1.54) is 0 Å². The number of hydrogen-bond donors (Lipinski definition) is 4. The lowest BCUT2D eigenvalue weighted by Gasteiger charge is -2.27. The minimum absolute atomic E-state index is 0.0456. The summed E-state index contributed by atoms with van der Waals surface area (Å²) in [5.74, 6) is -0.977. The molecule has 0 aliphatic heterocycles. The van der Waals surface area contributed by atoms with Crippen LogP contribution in [0.2, 0.25) is 0 Å². The van der Waals surface area contributed by atoms with Crippen molar-refractivity contribution in [3.8, 4) is 0 Å². The standard InChI is InChI=1S/C14H19BrN2O4/c1-2-14(21,10-3-5-11(15)6-4-10)9-17-13(20)16-8-7-12(18)19/h3-6,21H,2,7-9H2,1H3,(H,18,19)(H2,16,17,20). The zero-order chi connectivity index (χ0) is 15.9. The van der Waals surface area contributed by atoms with E-state index in [9.17, 15) is 14.7 Å². The van der Waals surface area contributed by atoms with E-state index in [-0.39, 0.29) is 19.5 Å². The number of halogens is 1. The molecular weight excluding hydrogens is 340 g/mol. The van der Waals surface area contributed by atoms with Crippen LogP contribution in [0.5, 0.6) is 0 Å². The van der Waals surface area contributed by atoms with Gasteiger partial charge in [0.1, 0.15) is 5.60 Å². The third-order valence-corrected chi connectivity index (χ3v) is 3.66. The Kier molecular flexibility index (Phi) is 6.64. The van der Waals surface area contributed by atoms with Gasteiger partial charge in [-0.3, -0.25) is 4.79 Å². The van der Waals surface area contributed by atoms with E-state index in [2.05, 4.69) is 26.6 Å². The average Bonchev–Trinajstić information content (AvgIpc) is 2.45. The van der Waals surface area contributed by atoms with E-state index < -0.39 is 17.6 Å². The fraction of sp³-hybridized carbons (Fsp3) is 0.429. The third kappa shape index (κ3) is 5.73. The van der Waals surface area contributed by atoms with Gasteiger partial charge in [-0.25, -0.2) is 4.79 Å². The molecule has 0 fully saturated rings. The number of carboxylic acids is 1. The summed E-state index contributed by atoms with van der Waals surface area (Å²) < 4.78 is 0.907. The third-order valence-electron chi connectivity index (χ3n) is 3.13. The van der Waals surface area contributed by atoms with Crippen LogP contribution in [-0.4, -0.2) is 35.3 Å². The van der Waals surface area contributed by atoms with Gasteiger partial charge in [0.15, 0.2) is 0 Å². The number of urea groups is 1. The lowest BCUT2D eigenvalue weighted by molar-refractivity contribution is -0.136. The van der Waals surface area contributed by atoms with E-state index in [4.69, 9.17) is 5.11 Å². The molecule has 116 valence electrons. The normalized spacial score (nSPS) is 13.3. The van der Waals surface area contributed by atoms with Crippen molar-refractivity contribution in [3.05, 3.63) is 34.3 Å². The van der Waals surface area contributed by atoms with Crippen molar-refractivity contribution in [2.75, 3.05) is 13.1 Å². The zero-order valence-corrected chi connectivity index (χ0v) is 13.3. The first-order valence-corrected chi connectivity index (χ1v) is 7.38. The fourth-order valence-corrected chi connectivity index (χ4v) is 2.03. The number of carbonyl (C=O) groups is 2. The van der Waals surface area contributed by atoms with Crippen LogP contribution in [0.3, 0.4) is 0 Å². The first kappa shape index (κ1) is 17.5. The Labute approximate surface area is 131 Å². The highest BCUT2D eigenvalue weighted by Crippen LogP contribution is 2.25. The van der Waals surface area contributed by atoms with Crippen molar-refractivity contribution >= 4 is 27.9 Å². The molecule has 2 amide bonds. The second kappa shape index (κ2) is 7.99. The van der Waals surface area contributed by atoms with Gasteiger partial charge in [-0.2, -0.15) is 0 Å². The Hall–Kier alpha value is -1.60. The van der Waals surface area contributed by atoms with Crippen LogP contribution in [-0.2, 0) is 10.4 Å². The van der Waals surface area contributed by atoms with Crippen LogP contribution < -0.4 is 10.6 Å². The molecule has 0 spiro atoms. The molecule has 1 aromatic rings. The van der Waals surface area contributed by atoms with E-state index >= 15 is 0 Å². The summed E-state index contributed by atoms with van der Waals surface area (Å²) in [6.45, 7) is 1.92. The Morgan fingerprint density at radius 1 is 1.24 bits per heavy atom. The highest BCUT2D eigenvalue weighted by Gasteiger charge is 2.27. The monoisotopic (exact) mass is 358 g/mol. The van der Waals surface area contributed by atoms with Crippen LogP contribution in [0.4, 0.5) is 4.79 Å². The number of aliphatic hydroxyl groups is 1. The van der Waals surface area contributed by atoms with E-state index in [0.29, 0.717) is 12.0 Å². The summed E-state index contributed by atoms with van der Waals surface area (Å²) in [4.78, 5) is 21.9. The lowest BCUT2D eigenvalue weighted by atomic mass is 9.91. The van der Waals surface area contributed by atoms with Gasteiger partial charge in [0.2, 0.25) is 0 Å². The number of hydrogen-bond acceptors (Lipinski definition) is 3. The molecule has 1 aromatic carbocycles. The molecule has 21 heavy (non-hydrogen) atoms. The molecule has 0 bridgehead atoms. The number of nitrogens with one attached hydrogen (secondary N) is 2. The number of carbonyl (C=O) groups excluding carboxylic acids is 1. The van der Waals surface area contributed by atoms with Crippen molar-refractivity contribution in [1.82, 2.24) is 10.6 Å². The molecule has 0 aliphatic rings. The van der Waals surface area contributed by atoms with Gasteiger partial charge in [-0.05, 0) is 24.1 Å². The second-order valence-corrected chi connectivity index (χ2v) is 5.56. The molecule has 0 heterocycles. The van der Waals surface area contributed by atoms with Crippen molar-refractivity contribution < 1.29 is 19.8 Å². The Morgan fingerprint density at radius 2 is 1.86 bits per heavy atom. The second-order valence-electron chi connectivity index (χ2n) is 4.65. The van der Waals surface area contributed by atoms with Crippen molar-refractivity contribution in [3.63, 3.8) is 0 Å². The molecule has 0 aliphatic carbocycles. The van der Waals surface area contributed by atoms with Crippen LogP contribution in [0.25, 0.3) is 0 Å². The molecule has 1 unspecified atom stereocenters. The number of rotatable bonds is 7. The van der Waals surface area contributed by atoms with Gasteiger partial charge in [0.25, 0.3) is 0 Å². The first-order chi connectivity index (χ1) is 9.87. The van der Waals surface area contributed by atoms with Gasteiger partial charge in [-0.1, -0.05) is 35.0 Å². The maximum atomic E-state index is 11.5. The molecule has 0 saturated heterocycles. The fourth-order valence-electron chi connectivity index (χ4n) is 1.76. The average molecular weight is 359 g/mol. The Balaban J connectivity index is 2.55. The smallest absolute Gasteiger partial charge is 0.314 e. The van der Waals surface area contributed by atoms with E-state index in [0.717, 1.165) is 4.47 Å². The van der Waals surface area contributed by atoms with Gasteiger partial charge in [-0.15, -0.1) is 0 Å². The van der Waals surface area contributed by atoms with E-state index in [1.54, 1.807) is 12.1 Å². The molecule has 7 heteroatoms. The first-order valence-electron chi connectivity index (χ1n) is 6.59. The molecule has 6 nitrogen and oxygen atoms in total. The van der Waals surface area contributed by atoms with Crippen molar-refractivity contribution in [2.24, 2.45) is 0 Å². The lowest BCUT2D eigenvalue weighted by Crippen LogP contribution is -2.45. The summed E-state index contributed by atoms with van der Waals surface area (Å²) in [6, 6.07) is 6.72. The van der Waals surface area contributed by atoms with Crippen LogP contribution in [0.1, 0.15) is 25.3 Å². The zero-order valence-electron chi connectivity index (χ0n) is 11.7. The summed E-state index contributed by atoms with van der Waals surface area (Å²) in [5.41, 5.74) is -0.454. The molecule has 0 radical (unpaired) electrons. The Morgan fingerprint density at radius 3 is 2.38 bits per heavy atom. The summed E-state index contributed by atoms with van der Waals surface area (Å²) in [7, 11) is 0. The maximum Gasteiger partial charge on any atom is 0.314 e. The summed E-state index contributed by atoms with van der Waals surface area (Å²) in [5, 5.41) is 24.1. The number of benzene rings is 1.